The summed E-state index contributed by atoms with van der Waals surface area (Å²) >= 11 is 2.74. The summed E-state index contributed by atoms with van der Waals surface area (Å²) in [7, 11) is 0. The van der Waals surface area contributed by atoms with Gasteiger partial charge in [-0.25, -0.2) is 4.79 Å². The lowest BCUT2D eigenvalue weighted by Gasteiger charge is -2.31. The zero-order chi connectivity index (χ0) is 80.4. The normalized spacial score (nSPS) is 15.2. The quantitative estimate of drug-likeness (QED) is 0.0127. The Bertz CT molecular complexity index is 3850. The second kappa shape index (κ2) is 44.9. The topological polar surface area (TPSA) is 590 Å². The van der Waals surface area contributed by atoms with Gasteiger partial charge in [0.1, 0.15) is 66.2 Å². The molecule has 0 unspecified atom stereocenters. The summed E-state index contributed by atoms with van der Waals surface area (Å²) in [5, 5.41) is 75.6. The second-order valence-corrected chi connectivity index (χ2v) is 28.4. The Morgan fingerprint density at radius 2 is 1.09 bits per heavy atom. The lowest BCUT2D eigenvalue weighted by Crippen LogP contribution is -2.61. The number of fused-ring (bicyclic) bond motifs is 1. The smallest absolute Gasteiger partial charge is 0.326 e. The molecule has 1 aliphatic heterocycles. The third-order valence-corrected chi connectivity index (χ3v) is 18.7. The van der Waals surface area contributed by atoms with Crippen molar-refractivity contribution in [2.75, 3.05) is 43.7 Å². The minimum Gasteiger partial charge on any atom is -0.508 e. The Hall–Kier alpha value is -11.0. The number of rotatable bonds is 47. The maximum Gasteiger partial charge on any atom is 0.326 e. The molecule has 1 aromatic heterocycles. The fraction of sp³-hybridized carbons (Fsp3) is 0.493. The molecule has 594 valence electrons. The van der Waals surface area contributed by atoms with E-state index in [9.17, 15) is 87.5 Å². The number of carbonyl (C=O) groups is 15. The number of primary amides is 1. The summed E-state index contributed by atoms with van der Waals surface area (Å²) in [4.78, 5) is 210. The number of guanidine groups is 1. The van der Waals surface area contributed by atoms with E-state index in [1.807, 2.05) is 6.26 Å². The molecule has 109 heavy (non-hydrogen) atoms. The number of benzene rings is 3. The number of nitrogens with one attached hydrogen (secondary N) is 13. The van der Waals surface area contributed by atoms with Gasteiger partial charge in [-0.2, -0.15) is 23.5 Å². The number of thioether (sulfide) groups is 2. The number of aromatic nitrogens is 1. The molecule has 1 fully saturated rings. The number of hydrogen-bond donors (Lipinski definition) is 20. The molecule has 23 N–H and O–H groups in total. The molecule has 0 spiro atoms. The number of carbonyl (C=O) groups excluding carboxylic acids is 12. The summed E-state index contributed by atoms with van der Waals surface area (Å²) in [5.74, 6) is -16.2. The van der Waals surface area contributed by atoms with Crippen LogP contribution in [0, 0.1) is 11.3 Å². The molecule has 2 heterocycles. The van der Waals surface area contributed by atoms with Gasteiger partial charge in [-0.05, 0) is 116 Å². The maximum atomic E-state index is 15.0. The number of nitrogens with two attached hydrogens (primary N) is 3. The first-order valence-electron chi connectivity index (χ1n) is 35.2. The highest BCUT2D eigenvalue weighted by Gasteiger charge is 2.41. The molecule has 4 aromatic rings. The van der Waals surface area contributed by atoms with Crippen LogP contribution in [0.3, 0.4) is 0 Å². The summed E-state index contributed by atoms with van der Waals surface area (Å²) in [6.45, 7) is 2.76. The molecule has 1 saturated heterocycles. The van der Waals surface area contributed by atoms with Crippen molar-refractivity contribution in [2.45, 2.75) is 170 Å². The zero-order valence-corrected chi connectivity index (χ0v) is 62.5. The van der Waals surface area contributed by atoms with E-state index in [2.05, 4.69) is 63.5 Å². The fourth-order valence-electron chi connectivity index (χ4n) is 11.8. The van der Waals surface area contributed by atoms with Crippen LogP contribution >= 0.6 is 23.5 Å². The molecule has 0 saturated carbocycles. The number of H-pyrrole nitrogens is 1. The summed E-state index contributed by atoms with van der Waals surface area (Å²) < 4.78 is 0. The van der Waals surface area contributed by atoms with E-state index in [1.54, 1.807) is 74.7 Å². The highest BCUT2D eigenvalue weighted by atomic mass is 32.2. The first kappa shape index (κ1) is 88.6. The molecule has 12 amide bonds. The Kier molecular flexibility index (Phi) is 36.5. The van der Waals surface area contributed by atoms with E-state index in [1.165, 1.54) is 58.9 Å². The number of phenols is 1. The Morgan fingerprint density at radius 3 is 1.69 bits per heavy atom. The minimum absolute atomic E-state index is 0.0558. The number of likely N-dealkylation sites (tertiary alicyclic amines) is 1. The van der Waals surface area contributed by atoms with Gasteiger partial charge in [0.25, 0.3) is 0 Å². The predicted molar refractivity (Wildman–Crippen MR) is 402 cm³/mol. The third-order valence-electron chi connectivity index (χ3n) is 17.4. The Morgan fingerprint density at radius 1 is 0.560 bits per heavy atom. The van der Waals surface area contributed by atoms with Gasteiger partial charge in [0.2, 0.25) is 70.9 Å². The lowest BCUT2D eigenvalue weighted by atomic mass is 10.0. The molecule has 0 bridgehead atoms. The summed E-state index contributed by atoms with van der Waals surface area (Å²) in [6.07, 6.45) is 1.87. The average Bonchev–Trinajstić information content (AvgIpc) is 1.74. The van der Waals surface area contributed by atoms with E-state index < -0.39 is 194 Å². The van der Waals surface area contributed by atoms with Gasteiger partial charge in [0.15, 0.2) is 5.96 Å². The highest BCUT2D eigenvalue weighted by Crippen LogP contribution is 2.23. The fourth-order valence-corrected chi connectivity index (χ4v) is 12.7. The number of carboxylic acids is 3. The molecule has 1 aliphatic rings. The number of para-hydroxylation sites is 1. The molecule has 3 aromatic carbocycles. The molecule has 38 heteroatoms. The van der Waals surface area contributed by atoms with Crippen LogP contribution in [0.15, 0.2) is 85.1 Å². The standard InChI is InChI=1S/C71H99N17O19S2/c1-38(2)30-49(63(99)87-54(70(106)107)34-56(73)90)79-57(91)37-78-61(97)46(22-23-58(92)93)80-66(102)52(33-41-36-77-45-15-9-8-14-43(41)45)84-65(101)50(32-40-18-20-42(89)21-19-40)83-67(103)53(35-59(94)95)85-62(98)47(25-29-109-4)81-64(100)51(31-39-12-6-5-7-13-39)86-68(104)55-17-11-27-88(55)69(105)48(16-10-26-76-71(74)75)82-60(96)44(72)24-28-108-3/h5-9,12-15,18-21,36,38,44,46-55,77,89H,10-11,16-17,22-35,37,72H2,1-4H3,(H2,73,90)(H,78,97)(H,79,91)(H,80,102)(H,81,100)(H,82,96)(H,83,103)(H,84,101)(H,85,98)(H,86,104)(H,87,99)(H,92,93)(H,94,95)(H,106,107)(H4,74,75,76)/t44-,46-,47-,48-,49-,50-,51-,52-,53-,54-,55-/m0/s1. The van der Waals surface area contributed by atoms with Crippen molar-refractivity contribution in [3.63, 3.8) is 0 Å². The molecule has 0 radical (unpaired) electrons. The average molecular weight is 1560 g/mol. The van der Waals surface area contributed by atoms with Crippen molar-refractivity contribution in [2.24, 2.45) is 23.1 Å². The maximum absolute atomic E-state index is 15.0. The zero-order valence-electron chi connectivity index (χ0n) is 60.9. The summed E-state index contributed by atoms with van der Waals surface area (Å²) in [6, 6.07) is 3.95. The number of amides is 12. The van der Waals surface area contributed by atoms with E-state index >= 15 is 4.79 Å². The minimum atomic E-state index is -2.01. The van der Waals surface area contributed by atoms with Crippen LogP contribution in [-0.2, 0) is 91.2 Å². The van der Waals surface area contributed by atoms with Crippen molar-refractivity contribution in [1.82, 2.24) is 68.4 Å². The van der Waals surface area contributed by atoms with E-state index in [4.69, 9.17) is 22.6 Å². The van der Waals surface area contributed by atoms with Gasteiger partial charge in [-0.1, -0.05) is 74.5 Å². The van der Waals surface area contributed by atoms with Crippen LogP contribution in [-0.4, -0.2) is 235 Å². The highest BCUT2D eigenvalue weighted by molar-refractivity contribution is 7.98. The van der Waals surface area contributed by atoms with E-state index in [0.29, 0.717) is 40.6 Å². The summed E-state index contributed by atoms with van der Waals surface area (Å²) in [5.41, 5.74) is 18.7. The van der Waals surface area contributed by atoms with Crippen LogP contribution in [0.25, 0.3) is 10.9 Å². The van der Waals surface area contributed by atoms with Gasteiger partial charge >= 0.3 is 17.9 Å². The van der Waals surface area contributed by atoms with Crippen LogP contribution < -0.4 is 75.7 Å². The van der Waals surface area contributed by atoms with Gasteiger partial charge in [-0.3, -0.25) is 72.5 Å². The molecular formula is C71H99N17O19S2. The van der Waals surface area contributed by atoms with Crippen LogP contribution in [0.2, 0.25) is 0 Å². The number of aromatic hydroxyl groups is 1. The number of nitrogens with zero attached hydrogens (tertiary/aromatic N) is 1. The number of aromatic amines is 1. The molecular weight excluding hydrogens is 1460 g/mol. The SMILES string of the molecule is CSCC[C@H](NC(=O)[C@H](Cc1ccccc1)NC(=O)[C@@H]1CCCN1C(=O)[C@H](CCCNC(=N)N)NC(=O)[C@@H](N)CCSC)C(=O)N[C@@H](CC(=O)O)C(=O)N[C@@H](Cc1ccc(O)cc1)C(=O)N[C@@H](Cc1c[nH]c2ccccc12)C(=O)N[C@@H](CCC(=O)O)C(=O)NCC(=O)N[C@@H](CC(C)C)C(=O)N[C@@H](CC(N)=O)C(=O)O. The lowest BCUT2D eigenvalue weighted by molar-refractivity contribution is -0.143. The molecule has 0 aliphatic carbocycles. The number of hydrogen-bond acceptors (Lipinski definition) is 20. The largest absolute Gasteiger partial charge is 0.508 e. The van der Waals surface area contributed by atoms with Crippen molar-refractivity contribution in [1.29, 1.82) is 5.41 Å². The molecule has 36 nitrogen and oxygen atoms in total. The van der Waals surface area contributed by atoms with Crippen molar-refractivity contribution in [3.8, 4) is 5.75 Å². The van der Waals surface area contributed by atoms with Crippen LogP contribution in [0.5, 0.6) is 5.75 Å². The molecule has 5 rings (SSSR count). The third kappa shape index (κ3) is 30.3. The van der Waals surface area contributed by atoms with E-state index in [0.717, 1.165) is 0 Å². The van der Waals surface area contributed by atoms with Crippen molar-refractivity contribution in [3.05, 3.63) is 102 Å². The first-order valence-corrected chi connectivity index (χ1v) is 38.0. The second-order valence-electron chi connectivity index (χ2n) is 26.5. The number of carboxylic acid groups (broad SMARTS) is 3. The van der Waals surface area contributed by atoms with Crippen LogP contribution in [0.4, 0.5) is 0 Å². The van der Waals surface area contributed by atoms with Gasteiger partial charge in [0, 0.05) is 55.9 Å². The van der Waals surface area contributed by atoms with Gasteiger partial charge in [-0.15, -0.1) is 0 Å². The molecule has 11 atom stereocenters. The van der Waals surface area contributed by atoms with Gasteiger partial charge in [0.05, 0.1) is 25.4 Å². The monoisotopic (exact) mass is 1560 g/mol. The van der Waals surface area contributed by atoms with Gasteiger partial charge < -0.3 is 106 Å². The number of aliphatic carboxylic acids is 3. The Balaban J connectivity index is 1.43. The predicted octanol–water partition coefficient (Wildman–Crippen LogP) is -2.19. The van der Waals surface area contributed by atoms with Crippen molar-refractivity contribution >= 4 is 129 Å². The first-order chi connectivity index (χ1) is 51.8. The number of phenolic OH excluding ortho intramolecular Hbond substituents is 1. The van der Waals surface area contributed by atoms with E-state index in [-0.39, 0.29) is 87.0 Å². The Labute approximate surface area is 636 Å². The van der Waals surface area contributed by atoms with Crippen molar-refractivity contribution < 1.29 is 92.3 Å². The van der Waals surface area contributed by atoms with Crippen LogP contribution in [0.1, 0.15) is 101 Å².